The van der Waals surface area contributed by atoms with E-state index in [0.29, 0.717) is 24.2 Å². The number of rotatable bonds is 8. The van der Waals surface area contributed by atoms with Crippen molar-refractivity contribution in [2.45, 2.75) is 20.3 Å². The van der Waals surface area contributed by atoms with E-state index in [4.69, 9.17) is 5.11 Å². The molecule has 2 aromatic carbocycles. The van der Waals surface area contributed by atoms with Gasteiger partial charge in [0, 0.05) is 17.2 Å². The third-order valence-corrected chi connectivity index (χ3v) is 3.63. The fourth-order valence-corrected chi connectivity index (χ4v) is 2.26. The molecule has 156 valence electrons. The number of allylic oxidation sites excluding steroid dienone is 2. The second kappa shape index (κ2) is 13.4. The molecule has 0 aliphatic carbocycles. The van der Waals surface area contributed by atoms with Crippen molar-refractivity contribution in [2.75, 3.05) is 6.61 Å². The van der Waals surface area contributed by atoms with E-state index < -0.39 is 17.7 Å². The smallest absolute Gasteiger partial charge is 0.339 e. The normalized spacial score (nSPS) is 10.7. The number of hydrogen-bond acceptors (Lipinski definition) is 5. The Morgan fingerprint density at radius 2 is 1.37 bits per heavy atom. The van der Waals surface area contributed by atoms with Crippen LogP contribution in [0, 0.1) is 0 Å². The van der Waals surface area contributed by atoms with E-state index in [0.717, 1.165) is 6.08 Å². The summed E-state index contributed by atoms with van der Waals surface area (Å²) in [5, 5.41) is 8.85. The Kier molecular flexibility index (Phi) is 10.8. The van der Waals surface area contributed by atoms with Crippen molar-refractivity contribution >= 4 is 23.5 Å². The average Bonchev–Trinajstić information content (AvgIpc) is 2.77. The zero-order valence-corrected chi connectivity index (χ0v) is 16.9. The van der Waals surface area contributed by atoms with Gasteiger partial charge in [-0.2, -0.15) is 0 Å². The number of carbonyl (C=O) groups excluding carboxylic acids is 3. The van der Waals surface area contributed by atoms with Crippen LogP contribution in [0.4, 0.5) is 0 Å². The fraction of sp³-hybridized carbons (Fsp3) is 0.167. The molecule has 1 N–H and O–H groups in total. The molecule has 2 rings (SSSR count). The first-order valence-corrected chi connectivity index (χ1v) is 9.38. The predicted octanol–water partition coefficient (Wildman–Crippen LogP) is 4.28. The van der Waals surface area contributed by atoms with Crippen LogP contribution in [-0.4, -0.2) is 35.2 Å². The lowest BCUT2D eigenvalue weighted by molar-refractivity contribution is -0.137. The quantitative estimate of drug-likeness (QED) is 0.230. The Morgan fingerprint density at radius 1 is 0.833 bits per heavy atom. The lowest BCUT2D eigenvalue weighted by Gasteiger charge is -2.00. The molecule has 30 heavy (non-hydrogen) atoms. The van der Waals surface area contributed by atoms with Gasteiger partial charge in [0.25, 0.3) is 0 Å². The highest BCUT2D eigenvalue weighted by Crippen LogP contribution is 2.09. The van der Waals surface area contributed by atoms with Gasteiger partial charge < -0.3 is 9.84 Å². The van der Waals surface area contributed by atoms with Crippen LogP contribution in [0.3, 0.4) is 0 Å². The maximum atomic E-state index is 11.7. The van der Waals surface area contributed by atoms with E-state index in [-0.39, 0.29) is 11.4 Å². The van der Waals surface area contributed by atoms with Crippen LogP contribution in [0.1, 0.15) is 41.0 Å². The standard InChI is InChI=1S/2C12H12O3/c1-2-15-12(14)9-8-11(13)10-6-4-3-5-7-10;1-2-6-10(12(14)15)11(13)9-7-4-3-5-8-9/h3-9H,2H2,1H3;3-8H,2H2,1H3,(H,14,15). The van der Waals surface area contributed by atoms with Gasteiger partial charge in [-0.25, -0.2) is 9.59 Å². The number of ketones is 2. The van der Waals surface area contributed by atoms with Crippen LogP contribution >= 0.6 is 0 Å². The third kappa shape index (κ3) is 8.48. The van der Waals surface area contributed by atoms with E-state index in [1.54, 1.807) is 68.4 Å². The van der Waals surface area contributed by atoms with Crippen LogP contribution in [0.2, 0.25) is 0 Å². The number of carbonyl (C=O) groups is 4. The van der Waals surface area contributed by atoms with Gasteiger partial charge in [-0.3, -0.25) is 9.59 Å². The van der Waals surface area contributed by atoms with Gasteiger partial charge in [-0.05, 0) is 19.4 Å². The molecule has 0 saturated carbocycles. The minimum Gasteiger partial charge on any atom is -0.478 e. The Labute approximate surface area is 175 Å². The maximum Gasteiger partial charge on any atom is 0.339 e. The Balaban J connectivity index is 0.000000300. The molecule has 0 spiro atoms. The summed E-state index contributed by atoms with van der Waals surface area (Å²) >= 11 is 0. The number of esters is 1. The molecule has 0 fully saturated rings. The monoisotopic (exact) mass is 408 g/mol. The Bertz CT molecular complexity index is 911. The van der Waals surface area contributed by atoms with Crippen molar-refractivity contribution in [2.24, 2.45) is 0 Å². The van der Waals surface area contributed by atoms with Gasteiger partial charge in [0.15, 0.2) is 11.6 Å². The topological polar surface area (TPSA) is 97.7 Å². The summed E-state index contributed by atoms with van der Waals surface area (Å²) in [5.74, 6) is -2.32. The number of carboxylic acid groups (broad SMARTS) is 1. The van der Waals surface area contributed by atoms with Crippen LogP contribution in [0.25, 0.3) is 0 Å². The van der Waals surface area contributed by atoms with Gasteiger partial charge in [0.05, 0.1) is 6.61 Å². The number of aliphatic carboxylic acids is 1. The second-order valence-corrected chi connectivity index (χ2v) is 5.84. The first-order chi connectivity index (χ1) is 14.4. The van der Waals surface area contributed by atoms with Crippen LogP contribution in [-0.2, 0) is 14.3 Å². The molecule has 0 aliphatic rings. The summed E-state index contributed by atoms with van der Waals surface area (Å²) < 4.78 is 4.65. The number of ether oxygens (including phenoxy) is 1. The molecule has 6 nitrogen and oxygen atoms in total. The minimum absolute atomic E-state index is 0.163. The van der Waals surface area contributed by atoms with Crippen molar-refractivity contribution < 1.29 is 29.0 Å². The zero-order valence-electron chi connectivity index (χ0n) is 16.9. The first kappa shape index (κ1) is 24.2. The summed E-state index contributed by atoms with van der Waals surface area (Å²) in [6, 6.07) is 17.2. The number of hydrogen-bond donors (Lipinski definition) is 1. The molecule has 0 atom stereocenters. The molecule has 0 unspecified atom stereocenters. The highest BCUT2D eigenvalue weighted by atomic mass is 16.5. The third-order valence-electron chi connectivity index (χ3n) is 3.63. The lowest BCUT2D eigenvalue weighted by Crippen LogP contribution is -2.12. The summed E-state index contributed by atoms with van der Waals surface area (Å²) in [6.07, 6.45) is 4.31. The number of carboxylic acids is 1. The molecular formula is C24H24O6. The molecular weight excluding hydrogens is 384 g/mol. The minimum atomic E-state index is -1.18. The largest absolute Gasteiger partial charge is 0.478 e. The van der Waals surface area contributed by atoms with Crippen molar-refractivity contribution in [1.29, 1.82) is 0 Å². The predicted molar refractivity (Wildman–Crippen MR) is 113 cm³/mol. The molecule has 0 aliphatic heterocycles. The Hall–Kier alpha value is -3.80. The van der Waals surface area contributed by atoms with E-state index in [1.165, 1.54) is 12.2 Å². The number of Topliss-reactive ketones (excluding diaryl/α,β-unsaturated/α-hetero) is 1. The summed E-state index contributed by atoms with van der Waals surface area (Å²) in [6.45, 7) is 3.81. The van der Waals surface area contributed by atoms with Crippen LogP contribution in [0.15, 0.2) is 84.5 Å². The molecule has 2 aromatic rings. The van der Waals surface area contributed by atoms with E-state index >= 15 is 0 Å². The molecule has 0 radical (unpaired) electrons. The Morgan fingerprint density at radius 3 is 1.83 bits per heavy atom. The van der Waals surface area contributed by atoms with Crippen LogP contribution in [0.5, 0.6) is 0 Å². The van der Waals surface area contributed by atoms with Crippen molar-refractivity contribution in [3.8, 4) is 0 Å². The molecule has 0 heterocycles. The average molecular weight is 408 g/mol. The molecule has 0 aromatic heterocycles. The van der Waals surface area contributed by atoms with Gasteiger partial charge in [0.1, 0.15) is 5.57 Å². The summed E-state index contributed by atoms with van der Waals surface area (Å²) in [4.78, 5) is 44.9. The van der Waals surface area contributed by atoms with Crippen molar-refractivity contribution in [3.63, 3.8) is 0 Å². The van der Waals surface area contributed by atoms with E-state index in [1.807, 2.05) is 6.07 Å². The van der Waals surface area contributed by atoms with Gasteiger partial charge in [-0.1, -0.05) is 73.7 Å². The molecule has 0 amide bonds. The van der Waals surface area contributed by atoms with Crippen molar-refractivity contribution in [3.05, 3.63) is 95.6 Å². The second-order valence-electron chi connectivity index (χ2n) is 5.84. The number of benzene rings is 2. The fourth-order valence-electron chi connectivity index (χ4n) is 2.26. The first-order valence-electron chi connectivity index (χ1n) is 9.38. The van der Waals surface area contributed by atoms with Gasteiger partial charge in [0.2, 0.25) is 0 Å². The molecule has 0 bridgehead atoms. The highest BCUT2D eigenvalue weighted by Gasteiger charge is 2.17. The molecule has 0 saturated heterocycles. The summed E-state index contributed by atoms with van der Waals surface area (Å²) in [7, 11) is 0. The van der Waals surface area contributed by atoms with Gasteiger partial charge >= 0.3 is 11.9 Å². The lowest BCUT2D eigenvalue weighted by atomic mass is 10.0. The van der Waals surface area contributed by atoms with Crippen LogP contribution < -0.4 is 0 Å². The zero-order chi connectivity index (χ0) is 22.4. The SMILES string of the molecule is CCC=C(C(=O)O)C(=O)c1ccccc1.CCOC(=O)C=CC(=O)c1ccccc1. The maximum absolute atomic E-state index is 11.7. The van der Waals surface area contributed by atoms with E-state index in [9.17, 15) is 19.2 Å². The molecule has 6 heteroatoms. The summed E-state index contributed by atoms with van der Waals surface area (Å²) in [5.41, 5.74) is 0.793. The van der Waals surface area contributed by atoms with E-state index in [2.05, 4.69) is 4.74 Å². The van der Waals surface area contributed by atoms with Crippen molar-refractivity contribution in [1.82, 2.24) is 0 Å². The highest BCUT2D eigenvalue weighted by molar-refractivity contribution is 6.23. The van der Waals surface area contributed by atoms with Gasteiger partial charge in [-0.15, -0.1) is 0 Å².